The van der Waals surface area contributed by atoms with Crippen molar-refractivity contribution in [2.75, 3.05) is 21.3 Å². The van der Waals surface area contributed by atoms with Gasteiger partial charge in [-0.3, -0.25) is 4.79 Å². The molecule has 0 aliphatic carbocycles. The molecule has 0 radical (unpaired) electrons. The summed E-state index contributed by atoms with van der Waals surface area (Å²) in [4.78, 5) is 13.1. The molecule has 1 atom stereocenters. The van der Waals surface area contributed by atoms with Crippen molar-refractivity contribution < 1.29 is 19.0 Å². The van der Waals surface area contributed by atoms with Gasteiger partial charge in [-0.05, 0) is 48.9 Å². The molecule has 0 aliphatic heterocycles. The number of methoxy groups -OCH3 is 3. The number of hydrogen-bond acceptors (Lipinski definition) is 5. The summed E-state index contributed by atoms with van der Waals surface area (Å²) < 4.78 is 18.1. The van der Waals surface area contributed by atoms with Crippen molar-refractivity contribution >= 4 is 5.91 Å². The summed E-state index contributed by atoms with van der Waals surface area (Å²) >= 11 is 0. The van der Waals surface area contributed by atoms with Gasteiger partial charge in [0.05, 0.1) is 44.9 Å². The Morgan fingerprint density at radius 1 is 0.882 bits per heavy atom. The van der Waals surface area contributed by atoms with Crippen LogP contribution in [0.2, 0.25) is 0 Å². The van der Waals surface area contributed by atoms with Crippen LogP contribution in [0.4, 0.5) is 0 Å². The van der Waals surface area contributed by atoms with Gasteiger partial charge in [-0.15, -0.1) is 0 Å². The summed E-state index contributed by atoms with van der Waals surface area (Å²) in [6.07, 6.45) is 1.75. The van der Waals surface area contributed by atoms with Gasteiger partial charge in [-0.1, -0.05) is 36.4 Å². The van der Waals surface area contributed by atoms with Gasteiger partial charge < -0.3 is 19.5 Å². The molecule has 1 unspecified atom stereocenters. The summed E-state index contributed by atoms with van der Waals surface area (Å²) in [5.41, 5.74) is 4.16. The molecule has 0 fully saturated rings. The Balaban J connectivity index is 1.58. The van der Waals surface area contributed by atoms with E-state index in [2.05, 4.69) is 10.4 Å². The smallest absolute Gasteiger partial charge is 0.251 e. The maximum atomic E-state index is 13.1. The number of rotatable bonds is 8. The third kappa shape index (κ3) is 4.59. The average molecular weight is 458 g/mol. The van der Waals surface area contributed by atoms with Crippen LogP contribution in [-0.4, -0.2) is 37.0 Å². The van der Waals surface area contributed by atoms with Crippen molar-refractivity contribution in [1.82, 2.24) is 15.1 Å². The second kappa shape index (κ2) is 10.1. The molecule has 1 N–H and O–H groups in total. The minimum atomic E-state index is -0.297. The number of ether oxygens (including phenoxy) is 3. The number of benzene rings is 3. The van der Waals surface area contributed by atoms with Crippen LogP contribution in [0.15, 0.2) is 79.0 Å². The lowest BCUT2D eigenvalue weighted by atomic mass is 10.1. The average Bonchev–Trinajstić information content (AvgIpc) is 3.38. The highest BCUT2D eigenvalue weighted by Gasteiger charge is 2.19. The van der Waals surface area contributed by atoms with Gasteiger partial charge in [0.15, 0.2) is 11.5 Å². The fourth-order valence-electron chi connectivity index (χ4n) is 3.83. The van der Waals surface area contributed by atoms with Crippen LogP contribution in [0.1, 0.15) is 28.9 Å². The molecule has 0 bridgehead atoms. The van der Waals surface area contributed by atoms with E-state index >= 15 is 0 Å². The Morgan fingerprint density at radius 3 is 2.24 bits per heavy atom. The van der Waals surface area contributed by atoms with Crippen molar-refractivity contribution in [2.45, 2.75) is 13.0 Å². The van der Waals surface area contributed by atoms with Gasteiger partial charge in [0.2, 0.25) is 5.75 Å². The van der Waals surface area contributed by atoms with Crippen LogP contribution in [-0.2, 0) is 0 Å². The molecule has 34 heavy (non-hydrogen) atoms. The minimum Gasteiger partial charge on any atom is -0.493 e. The zero-order valence-corrected chi connectivity index (χ0v) is 19.6. The molecule has 7 heteroatoms. The first-order valence-electron chi connectivity index (χ1n) is 10.9. The number of nitrogens with zero attached hydrogens (tertiary/aromatic N) is 2. The fraction of sp³-hybridized carbons (Fsp3) is 0.185. The first-order chi connectivity index (χ1) is 16.5. The second-order valence-corrected chi connectivity index (χ2v) is 7.70. The van der Waals surface area contributed by atoms with E-state index in [1.165, 1.54) is 0 Å². The highest BCUT2D eigenvalue weighted by atomic mass is 16.5. The molecule has 3 aromatic carbocycles. The third-order valence-electron chi connectivity index (χ3n) is 5.60. The molecular formula is C27H27N3O4. The van der Waals surface area contributed by atoms with E-state index in [-0.39, 0.29) is 11.9 Å². The SMILES string of the molecule is COc1cc(C(C)NC(=O)c2cccc(-n3nccc3-c3ccccc3)c2)cc(OC)c1OC. The zero-order chi connectivity index (χ0) is 24.1. The van der Waals surface area contributed by atoms with Crippen LogP contribution in [0, 0.1) is 0 Å². The molecule has 4 aromatic rings. The van der Waals surface area contributed by atoms with Crippen molar-refractivity contribution in [3.63, 3.8) is 0 Å². The quantitative estimate of drug-likeness (QED) is 0.401. The summed E-state index contributed by atoms with van der Waals surface area (Å²) in [6, 6.07) is 22.7. The van der Waals surface area contributed by atoms with E-state index < -0.39 is 0 Å². The molecule has 1 amide bonds. The Hall–Kier alpha value is -4.26. The normalized spacial score (nSPS) is 11.5. The van der Waals surface area contributed by atoms with Gasteiger partial charge in [-0.2, -0.15) is 5.10 Å². The van der Waals surface area contributed by atoms with Gasteiger partial charge in [-0.25, -0.2) is 4.68 Å². The summed E-state index contributed by atoms with van der Waals surface area (Å²) in [7, 11) is 4.69. The van der Waals surface area contributed by atoms with Gasteiger partial charge in [0, 0.05) is 11.1 Å². The number of nitrogens with one attached hydrogen (secondary N) is 1. The van der Waals surface area contributed by atoms with Crippen LogP contribution in [0.3, 0.4) is 0 Å². The maximum absolute atomic E-state index is 13.1. The fourth-order valence-corrected chi connectivity index (χ4v) is 3.83. The van der Waals surface area contributed by atoms with Crippen molar-refractivity contribution in [2.24, 2.45) is 0 Å². The van der Waals surface area contributed by atoms with E-state index in [4.69, 9.17) is 14.2 Å². The van der Waals surface area contributed by atoms with Crippen molar-refractivity contribution in [1.29, 1.82) is 0 Å². The monoisotopic (exact) mass is 457 g/mol. The lowest BCUT2D eigenvalue weighted by Gasteiger charge is -2.19. The Labute approximate surface area is 198 Å². The number of aromatic nitrogens is 2. The zero-order valence-electron chi connectivity index (χ0n) is 19.6. The van der Waals surface area contributed by atoms with Crippen molar-refractivity contribution in [3.05, 3.63) is 90.1 Å². The van der Waals surface area contributed by atoms with Gasteiger partial charge in [0.1, 0.15) is 0 Å². The van der Waals surface area contributed by atoms with E-state index in [0.717, 1.165) is 22.5 Å². The van der Waals surface area contributed by atoms with E-state index in [0.29, 0.717) is 22.8 Å². The molecule has 1 heterocycles. The molecular weight excluding hydrogens is 430 g/mol. The predicted octanol–water partition coefficient (Wildman–Crippen LogP) is 5.06. The number of amides is 1. The highest BCUT2D eigenvalue weighted by Crippen LogP contribution is 2.39. The Morgan fingerprint density at radius 2 is 1.59 bits per heavy atom. The second-order valence-electron chi connectivity index (χ2n) is 7.70. The van der Waals surface area contributed by atoms with Crippen LogP contribution >= 0.6 is 0 Å². The standard InChI is InChI=1S/C27H27N3O4/c1-18(21-16-24(32-2)26(34-4)25(17-21)33-3)29-27(31)20-11-8-12-22(15-20)30-23(13-14-28-30)19-9-6-5-7-10-19/h5-18H,1-4H3,(H,29,31). The first-order valence-corrected chi connectivity index (χ1v) is 10.9. The van der Waals surface area contributed by atoms with Gasteiger partial charge in [0.25, 0.3) is 5.91 Å². The Bertz CT molecular complexity index is 1260. The van der Waals surface area contributed by atoms with E-state index in [9.17, 15) is 4.79 Å². The molecule has 0 aliphatic rings. The number of carbonyl (C=O) groups is 1. The lowest BCUT2D eigenvalue weighted by Crippen LogP contribution is -2.26. The van der Waals surface area contributed by atoms with Gasteiger partial charge >= 0.3 is 0 Å². The highest BCUT2D eigenvalue weighted by molar-refractivity contribution is 5.95. The van der Waals surface area contributed by atoms with Crippen LogP contribution in [0.25, 0.3) is 16.9 Å². The molecule has 7 nitrogen and oxygen atoms in total. The van der Waals surface area contributed by atoms with E-state index in [1.54, 1.807) is 33.6 Å². The minimum absolute atomic E-state index is 0.198. The number of hydrogen-bond donors (Lipinski definition) is 1. The molecule has 1 aromatic heterocycles. The topological polar surface area (TPSA) is 74.6 Å². The number of carbonyl (C=O) groups excluding carboxylic acids is 1. The molecule has 0 spiro atoms. The predicted molar refractivity (Wildman–Crippen MR) is 131 cm³/mol. The molecule has 0 saturated carbocycles. The molecule has 174 valence electrons. The summed E-state index contributed by atoms with van der Waals surface area (Å²) in [6.45, 7) is 1.91. The third-order valence-corrected chi connectivity index (χ3v) is 5.60. The maximum Gasteiger partial charge on any atom is 0.251 e. The Kier molecular flexibility index (Phi) is 6.82. The van der Waals surface area contributed by atoms with E-state index in [1.807, 2.05) is 78.3 Å². The largest absolute Gasteiger partial charge is 0.493 e. The van der Waals surface area contributed by atoms with Crippen LogP contribution in [0.5, 0.6) is 17.2 Å². The van der Waals surface area contributed by atoms with Crippen LogP contribution < -0.4 is 19.5 Å². The first kappa shape index (κ1) is 22.9. The van der Waals surface area contributed by atoms with Crippen molar-refractivity contribution in [3.8, 4) is 34.2 Å². The lowest BCUT2D eigenvalue weighted by molar-refractivity contribution is 0.0939. The summed E-state index contributed by atoms with van der Waals surface area (Å²) in [5.74, 6) is 1.38. The molecule has 0 saturated heterocycles. The summed E-state index contributed by atoms with van der Waals surface area (Å²) in [5, 5.41) is 7.52. The molecule has 4 rings (SSSR count).